The Morgan fingerprint density at radius 1 is 0.357 bits per heavy atom. The van der Waals surface area contributed by atoms with Crippen molar-refractivity contribution in [1.82, 2.24) is 4.90 Å². The molecule has 10 heteroatoms. The highest BCUT2D eigenvalue weighted by Gasteiger charge is 2.15. The van der Waals surface area contributed by atoms with Crippen molar-refractivity contribution in [1.29, 1.82) is 0 Å². The molecule has 0 aromatic heterocycles. The van der Waals surface area contributed by atoms with Crippen LogP contribution in [0.3, 0.4) is 0 Å². The lowest BCUT2D eigenvalue weighted by atomic mass is 10.1. The van der Waals surface area contributed by atoms with Gasteiger partial charge in [-0.2, -0.15) is 0 Å². The first-order chi connectivity index (χ1) is 34.5. The van der Waals surface area contributed by atoms with E-state index in [4.69, 9.17) is 9.47 Å². The number of rotatable bonds is 60. The molecule has 0 atom stereocenters. The van der Waals surface area contributed by atoms with Crippen LogP contribution in [0.25, 0.3) is 0 Å². The SMILES string of the molecule is CCCCCCCCSC(CCC(=O)OCCCCCCCCN(CCCCO)CCCCCCCCOC(=O)CCC(SCCCCCCCC)SCCCCCCCC)SCCCCCCCC. The van der Waals surface area contributed by atoms with Gasteiger partial charge in [-0.1, -0.05) is 207 Å². The van der Waals surface area contributed by atoms with Crippen molar-refractivity contribution in [2.24, 2.45) is 0 Å². The highest BCUT2D eigenvalue weighted by Crippen LogP contribution is 2.32. The summed E-state index contributed by atoms with van der Waals surface area (Å²) in [5, 5.41) is 9.38. The molecule has 0 fully saturated rings. The van der Waals surface area contributed by atoms with Crippen LogP contribution >= 0.6 is 47.0 Å². The summed E-state index contributed by atoms with van der Waals surface area (Å²) >= 11 is 8.37. The Morgan fingerprint density at radius 3 is 0.914 bits per heavy atom. The Bertz CT molecular complexity index is 933. The number of hydrogen-bond donors (Lipinski definition) is 1. The van der Waals surface area contributed by atoms with Gasteiger partial charge in [-0.05, 0) is 120 Å². The zero-order valence-corrected chi connectivity index (χ0v) is 50.4. The van der Waals surface area contributed by atoms with Crippen molar-refractivity contribution in [3.05, 3.63) is 0 Å². The first-order valence-electron chi connectivity index (χ1n) is 30.6. The molecular formula is C60H119NO5S4. The summed E-state index contributed by atoms with van der Waals surface area (Å²) in [4.78, 5) is 28.0. The summed E-state index contributed by atoms with van der Waals surface area (Å²) in [7, 11) is 0. The van der Waals surface area contributed by atoms with Gasteiger partial charge in [-0.25, -0.2) is 0 Å². The minimum absolute atomic E-state index is 0.000214. The summed E-state index contributed by atoms with van der Waals surface area (Å²) in [6.07, 6.45) is 51.3. The van der Waals surface area contributed by atoms with E-state index < -0.39 is 0 Å². The lowest BCUT2D eigenvalue weighted by molar-refractivity contribution is -0.144. The summed E-state index contributed by atoms with van der Waals surface area (Å²) in [5.41, 5.74) is 0. The predicted molar refractivity (Wildman–Crippen MR) is 319 cm³/mol. The van der Waals surface area contributed by atoms with Crippen molar-refractivity contribution in [2.75, 3.05) is 62.5 Å². The Kier molecular flexibility index (Phi) is 60.4. The summed E-state index contributed by atoms with van der Waals surface area (Å²) in [6, 6.07) is 0. The summed E-state index contributed by atoms with van der Waals surface area (Å²) < 4.78 is 12.4. The molecule has 0 bridgehead atoms. The molecule has 1 N–H and O–H groups in total. The molecule has 0 spiro atoms. The Balaban J connectivity index is 4.21. The fourth-order valence-corrected chi connectivity index (χ4v) is 14.5. The number of carbonyl (C=O) groups is 2. The number of hydrogen-bond acceptors (Lipinski definition) is 10. The highest BCUT2D eigenvalue weighted by atomic mass is 32.2. The molecular weight excluding hydrogens is 943 g/mol. The van der Waals surface area contributed by atoms with Crippen LogP contribution in [0, 0.1) is 0 Å². The molecule has 0 aromatic rings. The minimum Gasteiger partial charge on any atom is -0.466 e. The van der Waals surface area contributed by atoms with Gasteiger partial charge in [0.05, 0.1) is 22.4 Å². The number of esters is 2. The van der Waals surface area contributed by atoms with E-state index >= 15 is 0 Å². The fourth-order valence-electron chi connectivity index (χ4n) is 8.88. The van der Waals surface area contributed by atoms with E-state index in [1.165, 1.54) is 228 Å². The summed E-state index contributed by atoms with van der Waals surface area (Å²) in [5.74, 6) is 4.88. The maximum Gasteiger partial charge on any atom is 0.305 e. The maximum absolute atomic E-state index is 12.7. The average molecular weight is 1060 g/mol. The first kappa shape index (κ1) is 70.3. The largest absolute Gasteiger partial charge is 0.466 e. The van der Waals surface area contributed by atoms with Crippen molar-refractivity contribution >= 4 is 59.0 Å². The standard InChI is InChI=1S/C60H119NO5S4/c1-5-9-13-17-29-39-53-67-59(68-54-40-30-18-14-10-6-2)45-43-57(63)65-51-37-27-23-21-25-33-47-61(49-35-36-50-62)48-34-26-22-24-28-38-52-66-58(64)44-46-60(69-55-41-31-19-15-11-7-3)70-56-42-32-20-16-12-8-4/h59-60,62H,5-56H2,1-4H3. The van der Waals surface area contributed by atoms with Crippen molar-refractivity contribution in [2.45, 2.75) is 307 Å². The number of ether oxygens (including phenoxy) is 2. The average Bonchev–Trinajstić information content (AvgIpc) is 3.36. The van der Waals surface area contributed by atoms with Crippen LogP contribution in [-0.4, -0.2) is 93.6 Å². The van der Waals surface area contributed by atoms with Gasteiger partial charge in [0.2, 0.25) is 0 Å². The van der Waals surface area contributed by atoms with Gasteiger partial charge in [0.25, 0.3) is 0 Å². The molecule has 6 nitrogen and oxygen atoms in total. The number of aliphatic hydroxyl groups excluding tert-OH is 1. The normalized spacial score (nSPS) is 11.8. The van der Waals surface area contributed by atoms with E-state index in [9.17, 15) is 14.7 Å². The Hall–Kier alpha value is 0.260. The Morgan fingerprint density at radius 2 is 0.614 bits per heavy atom. The lowest BCUT2D eigenvalue weighted by Crippen LogP contribution is -2.27. The van der Waals surface area contributed by atoms with Crippen LogP contribution in [0.1, 0.15) is 297 Å². The second-order valence-electron chi connectivity index (χ2n) is 20.4. The van der Waals surface area contributed by atoms with Crippen LogP contribution < -0.4 is 0 Å². The second kappa shape index (κ2) is 60.1. The van der Waals surface area contributed by atoms with Gasteiger partial charge in [0.1, 0.15) is 0 Å². The van der Waals surface area contributed by atoms with Crippen molar-refractivity contribution in [3.8, 4) is 0 Å². The molecule has 0 aliphatic heterocycles. The van der Waals surface area contributed by atoms with E-state index in [1.807, 2.05) is 0 Å². The van der Waals surface area contributed by atoms with Gasteiger partial charge in [-0.15, -0.1) is 47.0 Å². The molecule has 418 valence electrons. The van der Waals surface area contributed by atoms with Crippen LogP contribution in [0.2, 0.25) is 0 Å². The quantitative estimate of drug-likeness (QED) is 0.0362. The lowest BCUT2D eigenvalue weighted by Gasteiger charge is -2.22. The zero-order chi connectivity index (χ0) is 50.9. The molecule has 0 radical (unpaired) electrons. The summed E-state index contributed by atoms with van der Waals surface area (Å²) in [6.45, 7) is 14.0. The number of carbonyl (C=O) groups excluding carboxylic acids is 2. The van der Waals surface area contributed by atoms with Gasteiger partial charge in [0, 0.05) is 19.4 Å². The molecule has 70 heavy (non-hydrogen) atoms. The first-order valence-corrected chi connectivity index (χ1v) is 34.8. The van der Waals surface area contributed by atoms with E-state index in [2.05, 4.69) is 79.6 Å². The molecule has 0 rings (SSSR count). The van der Waals surface area contributed by atoms with Crippen molar-refractivity contribution in [3.63, 3.8) is 0 Å². The van der Waals surface area contributed by atoms with Crippen LogP contribution in [0.15, 0.2) is 0 Å². The monoisotopic (exact) mass is 1060 g/mol. The van der Waals surface area contributed by atoms with Crippen molar-refractivity contribution < 1.29 is 24.2 Å². The fraction of sp³-hybridized carbons (Fsp3) is 0.967. The van der Waals surface area contributed by atoms with Gasteiger partial charge < -0.3 is 19.5 Å². The van der Waals surface area contributed by atoms with E-state index in [1.54, 1.807) is 0 Å². The molecule has 0 saturated carbocycles. The molecule has 0 unspecified atom stereocenters. The number of aliphatic hydroxyl groups is 1. The van der Waals surface area contributed by atoms with Gasteiger partial charge >= 0.3 is 11.9 Å². The van der Waals surface area contributed by atoms with Crippen LogP contribution in [-0.2, 0) is 19.1 Å². The number of thioether (sulfide) groups is 4. The molecule has 0 amide bonds. The maximum atomic E-state index is 12.7. The van der Waals surface area contributed by atoms with E-state index in [-0.39, 0.29) is 18.5 Å². The van der Waals surface area contributed by atoms with Crippen LogP contribution in [0.4, 0.5) is 0 Å². The highest BCUT2D eigenvalue weighted by molar-refractivity contribution is 8.17. The molecule has 0 aliphatic carbocycles. The number of unbranched alkanes of at least 4 members (excludes halogenated alkanes) is 31. The second-order valence-corrected chi connectivity index (χ2v) is 26.3. The molecule has 0 aromatic carbocycles. The smallest absolute Gasteiger partial charge is 0.305 e. The number of nitrogens with zero attached hydrogens (tertiary/aromatic N) is 1. The van der Waals surface area contributed by atoms with Gasteiger partial charge in [-0.3, -0.25) is 9.59 Å². The minimum atomic E-state index is -0.000214. The topological polar surface area (TPSA) is 76.1 Å². The molecule has 0 saturated heterocycles. The van der Waals surface area contributed by atoms with E-state index in [0.717, 1.165) is 71.0 Å². The third kappa shape index (κ3) is 54.5. The molecule has 0 aliphatic rings. The predicted octanol–water partition coefficient (Wildman–Crippen LogP) is 19.4. The Labute approximate surface area is 454 Å². The van der Waals surface area contributed by atoms with Crippen LogP contribution in [0.5, 0.6) is 0 Å². The van der Waals surface area contributed by atoms with E-state index in [0.29, 0.717) is 35.2 Å². The zero-order valence-electron chi connectivity index (χ0n) is 47.1. The molecule has 0 heterocycles. The third-order valence-electron chi connectivity index (χ3n) is 13.5. The van der Waals surface area contributed by atoms with Gasteiger partial charge in [0.15, 0.2) is 0 Å². The third-order valence-corrected chi connectivity index (χ3v) is 19.7.